The number of aliphatic hydroxyl groups is 1. The number of nitrogens with two attached hydrogens (primary N) is 1. The Balaban J connectivity index is 1.86. The van der Waals surface area contributed by atoms with Crippen LogP contribution in [0.5, 0.6) is 0 Å². The highest BCUT2D eigenvalue weighted by atomic mass is 16.3. The molecule has 0 spiro atoms. The number of fused-ring (bicyclic) bond motifs is 1. The van der Waals surface area contributed by atoms with Crippen LogP contribution in [-0.4, -0.2) is 27.7 Å². The van der Waals surface area contributed by atoms with Crippen molar-refractivity contribution < 1.29 is 5.11 Å². The molecule has 4 N–H and O–H groups in total. The minimum absolute atomic E-state index is 0.193. The molecule has 26 heavy (non-hydrogen) atoms. The summed E-state index contributed by atoms with van der Waals surface area (Å²) in [6.45, 7) is 4.01. The minimum Gasteiger partial charge on any atom is -0.404 e. The molecule has 1 heterocycles. The van der Waals surface area contributed by atoms with Crippen LogP contribution in [0, 0.1) is 11.3 Å². The fourth-order valence-corrected chi connectivity index (χ4v) is 3.35. The second-order valence-electron chi connectivity index (χ2n) is 6.46. The monoisotopic (exact) mass is 349 g/mol. The van der Waals surface area contributed by atoms with Crippen LogP contribution < -0.4 is 11.1 Å². The van der Waals surface area contributed by atoms with Gasteiger partial charge < -0.3 is 20.7 Å². The molecule has 1 aromatic heterocycles. The Hall–Kier alpha value is -3.04. The van der Waals surface area contributed by atoms with Gasteiger partial charge in [0, 0.05) is 17.6 Å². The number of rotatable bonds is 4. The molecule has 0 radical (unpaired) electrons. The highest BCUT2D eigenvalue weighted by Crippen LogP contribution is 2.21. The van der Waals surface area contributed by atoms with E-state index in [9.17, 15) is 10.4 Å². The highest BCUT2D eigenvalue weighted by molar-refractivity contribution is 6.02. The first kappa shape index (κ1) is 17.8. The summed E-state index contributed by atoms with van der Waals surface area (Å²) in [5, 5.41) is 23.1. The number of aliphatic imine (C=N–C) groups is 1. The average molecular weight is 349 g/mol. The Kier molecular flexibility index (Phi) is 5.40. The van der Waals surface area contributed by atoms with Gasteiger partial charge >= 0.3 is 0 Å². The van der Waals surface area contributed by atoms with E-state index in [0.29, 0.717) is 17.2 Å². The van der Waals surface area contributed by atoms with Crippen molar-refractivity contribution in [3.05, 3.63) is 60.7 Å². The van der Waals surface area contributed by atoms with Crippen LogP contribution in [0.1, 0.15) is 31.2 Å². The predicted molar refractivity (Wildman–Crippen MR) is 103 cm³/mol. The molecule has 2 aromatic rings. The summed E-state index contributed by atoms with van der Waals surface area (Å²) in [4.78, 5) is 4.59. The van der Waals surface area contributed by atoms with E-state index in [1.54, 1.807) is 12.1 Å². The van der Waals surface area contributed by atoms with Gasteiger partial charge in [-0.05, 0) is 56.2 Å². The SMILES string of the molecule is C=C(N=C(/C=C\N)n1ccc2c(C#N)cccc21)NC1CCC(O)CC1. The lowest BCUT2D eigenvalue weighted by Crippen LogP contribution is -2.33. The fraction of sp³-hybridized carbons (Fsp3) is 0.300. The van der Waals surface area contributed by atoms with Crippen LogP contribution in [-0.2, 0) is 0 Å². The van der Waals surface area contributed by atoms with Crippen molar-refractivity contribution in [1.82, 2.24) is 9.88 Å². The average Bonchev–Trinajstić information content (AvgIpc) is 3.07. The van der Waals surface area contributed by atoms with E-state index in [-0.39, 0.29) is 12.1 Å². The van der Waals surface area contributed by atoms with E-state index in [0.717, 1.165) is 36.6 Å². The lowest BCUT2D eigenvalue weighted by molar-refractivity contribution is 0.118. The second-order valence-corrected chi connectivity index (χ2v) is 6.46. The molecule has 0 bridgehead atoms. The van der Waals surface area contributed by atoms with Gasteiger partial charge in [0.15, 0.2) is 0 Å². The topological polar surface area (TPSA) is 99.4 Å². The molecule has 0 atom stereocenters. The number of nitrogens with one attached hydrogen (secondary N) is 1. The molecule has 1 fully saturated rings. The Labute approximate surface area is 152 Å². The number of hydrogen-bond donors (Lipinski definition) is 3. The van der Waals surface area contributed by atoms with Gasteiger partial charge in [0.2, 0.25) is 0 Å². The Bertz CT molecular complexity index is 895. The van der Waals surface area contributed by atoms with Crippen LogP contribution in [0.4, 0.5) is 0 Å². The summed E-state index contributed by atoms with van der Waals surface area (Å²) < 4.78 is 1.89. The van der Waals surface area contributed by atoms with E-state index in [1.807, 2.05) is 29.0 Å². The second kappa shape index (κ2) is 7.89. The third-order valence-corrected chi connectivity index (χ3v) is 4.66. The molecule has 1 saturated carbocycles. The van der Waals surface area contributed by atoms with Gasteiger partial charge in [-0.2, -0.15) is 5.26 Å². The third kappa shape index (κ3) is 3.79. The minimum atomic E-state index is -0.193. The van der Waals surface area contributed by atoms with Gasteiger partial charge in [0.25, 0.3) is 0 Å². The van der Waals surface area contributed by atoms with Crippen molar-refractivity contribution >= 4 is 16.7 Å². The van der Waals surface area contributed by atoms with Crippen LogP contribution in [0.15, 0.2) is 60.1 Å². The van der Waals surface area contributed by atoms with Crippen molar-refractivity contribution in [2.24, 2.45) is 10.7 Å². The molecule has 3 rings (SSSR count). The molecule has 1 aliphatic rings. The molecule has 0 aliphatic heterocycles. The summed E-state index contributed by atoms with van der Waals surface area (Å²) in [5.41, 5.74) is 7.11. The predicted octanol–water partition coefficient (Wildman–Crippen LogP) is 2.60. The summed E-state index contributed by atoms with van der Waals surface area (Å²) in [7, 11) is 0. The number of allylic oxidation sites excluding steroid dienone is 1. The number of nitriles is 1. The summed E-state index contributed by atoms with van der Waals surface area (Å²) >= 11 is 0. The van der Waals surface area contributed by atoms with Crippen LogP contribution >= 0.6 is 0 Å². The van der Waals surface area contributed by atoms with Gasteiger partial charge in [0.1, 0.15) is 11.7 Å². The molecular formula is C20H23N5O. The maximum Gasteiger partial charge on any atom is 0.140 e. The molecule has 0 unspecified atom stereocenters. The first-order valence-corrected chi connectivity index (χ1v) is 8.73. The Morgan fingerprint density at radius 2 is 2.12 bits per heavy atom. The van der Waals surface area contributed by atoms with Crippen molar-refractivity contribution in [2.75, 3.05) is 0 Å². The van der Waals surface area contributed by atoms with Crippen molar-refractivity contribution in [2.45, 2.75) is 37.8 Å². The van der Waals surface area contributed by atoms with Crippen molar-refractivity contribution in [1.29, 1.82) is 5.26 Å². The van der Waals surface area contributed by atoms with E-state index < -0.39 is 0 Å². The van der Waals surface area contributed by atoms with Crippen molar-refractivity contribution in [3.8, 4) is 6.07 Å². The normalized spacial score (nSPS) is 21.0. The van der Waals surface area contributed by atoms with Gasteiger partial charge in [-0.1, -0.05) is 12.6 Å². The lowest BCUT2D eigenvalue weighted by Gasteiger charge is -2.26. The maximum atomic E-state index is 9.62. The van der Waals surface area contributed by atoms with Gasteiger partial charge in [-0.25, -0.2) is 4.99 Å². The third-order valence-electron chi connectivity index (χ3n) is 4.66. The first-order chi connectivity index (χ1) is 12.6. The van der Waals surface area contributed by atoms with Crippen molar-refractivity contribution in [3.63, 3.8) is 0 Å². The highest BCUT2D eigenvalue weighted by Gasteiger charge is 2.19. The largest absolute Gasteiger partial charge is 0.404 e. The molecule has 0 saturated heterocycles. The summed E-state index contributed by atoms with van der Waals surface area (Å²) in [6.07, 6.45) is 8.20. The van der Waals surface area contributed by atoms with Gasteiger partial charge in [0.05, 0.1) is 23.3 Å². The number of aliphatic hydroxyl groups excluding tert-OH is 1. The van der Waals surface area contributed by atoms with E-state index in [4.69, 9.17) is 5.73 Å². The van der Waals surface area contributed by atoms with E-state index >= 15 is 0 Å². The molecular weight excluding hydrogens is 326 g/mol. The zero-order valence-electron chi connectivity index (χ0n) is 14.6. The molecule has 1 aromatic carbocycles. The zero-order valence-corrected chi connectivity index (χ0v) is 14.6. The number of nitrogens with zero attached hydrogens (tertiary/aromatic N) is 3. The van der Waals surface area contributed by atoms with E-state index in [2.05, 4.69) is 23.0 Å². The Morgan fingerprint density at radius 1 is 1.35 bits per heavy atom. The Morgan fingerprint density at radius 3 is 2.81 bits per heavy atom. The number of aromatic nitrogens is 1. The standard InChI is InChI=1S/C20H23N5O/c1-14(23-16-5-7-17(26)8-6-16)24-20(9-11-21)25-12-10-18-15(13-22)3-2-4-19(18)25/h2-4,9-12,16-17,23,26H,1,5-8,21H2/b11-9-,24-20?. The van der Waals surface area contributed by atoms with Gasteiger partial charge in [-0.15, -0.1) is 0 Å². The van der Waals surface area contributed by atoms with Crippen LogP contribution in [0.3, 0.4) is 0 Å². The molecule has 6 nitrogen and oxygen atoms in total. The molecule has 6 heteroatoms. The fourth-order valence-electron chi connectivity index (χ4n) is 3.35. The van der Waals surface area contributed by atoms with Crippen LogP contribution in [0.2, 0.25) is 0 Å². The van der Waals surface area contributed by atoms with E-state index in [1.165, 1.54) is 6.20 Å². The van der Waals surface area contributed by atoms with Crippen LogP contribution in [0.25, 0.3) is 10.9 Å². The summed E-state index contributed by atoms with van der Waals surface area (Å²) in [6, 6.07) is 9.95. The first-order valence-electron chi connectivity index (χ1n) is 8.73. The maximum absolute atomic E-state index is 9.62. The zero-order chi connectivity index (χ0) is 18.5. The quantitative estimate of drug-likeness (QED) is 0.583. The molecule has 0 amide bonds. The molecule has 1 aliphatic carbocycles. The number of hydrogen-bond acceptors (Lipinski definition) is 5. The molecule has 134 valence electrons. The van der Waals surface area contributed by atoms with Gasteiger partial charge in [-0.3, -0.25) is 0 Å². The lowest BCUT2D eigenvalue weighted by atomic mass is 9.93. The smallest absolute Gasteiger partial charge is 0.140 e. The summed E-state index contributed by atoms with van der Waals surface area (Å²) in [5.74, 6) is 1.17. The number of benzene rings is 1.